The first-order chi connectivity index (χ1) is 13.7. The molecule has 3 nitrogen and oxygen atoms in total. The lowest BCUT2D eigenvalue weighted by molar-refractivity contribution is -0.122. The summed E-state index contributed by atoms with van der Waals surface area (Å²) in [5, 5.41) is 3.05. The molecular formula is C24H29FN2O. The van der Waals surface area contributed by atoms with Crippen LogP contribution in [0.5, 0.6) is 0 Å². The van der Waals surface area contributed by atoms with Crippen molar-refractivity contribution >= 4 is 5.91 Å². The SMILES string of the molecule is O=C(NCc1cccc(CN2CCCCCC2)c1)C1CC1c1ccccc1F. The van der Waals surface area contributed by atoms with Gasteiger partial charge in [0.25, 0.3) is 0 Å². The zero-order valence-corrected chi connectivity index (χ0v) is 16.4. The lowest BCUT2D eigenvalue weighted by Crippen LogP contribution is -2.25. The molecule has 1 saturated heterocycles. The quantitative estimate of drug-likeness (QED) is 0.793. The molecule has 0 bridgehead atoms. The van der Waals surface area contributed by atoms with Crippen LogP contribution in [-0.4, -0.2) is 23.9 Å². The van der Waals surface area contributed by atoms with E-state index in [4.69, 9.17) is 0 Å². The van der Waals surface area contributed by atoms with Crippen LogP contribution in [0.25, 0.3) is 0 Å². The number of hydrogen-bond acceptors (Lipinski definition) is 2. The third-order valence-electron chi connectivity index (χ3n) is 5.99. The first-order valence-corrected chi connectivity index (χ1v) is 10.5. The maximum atomic E-state index is 13.9. The highest BCUT2D eigenvalue weighted by molar-refractivity contribution is 5.82. The molecule has 1 N–H and O–H groups in total. The molecule has 2 aliphatic rings. The van der Waals surface area contributed by atoms with E-state index in [9.17, 15) is 9.18 Å². The fourth-order valence-corrected chi connectivity index (χ4v) is 4.32. The molecule has 2 aromatic rings. The number of nitrogens with zero attached hydrogens (tertiary/aromatic N) is 1. The Hall–Kier alpha value is -2.20. The van der Waals surface area contributed by atoms with Crippen LogP contribution in [-0.2, 0) is 17.9 Å². The molecule has 4 rings (SSSR count). The number of amides is 1. The van der Waals surface area contributed by atoms with Crippen molar-refractivity contribution in [2.24, 2.45) is 5.92 Å². The zero-order valence-electron chi connectivity index (χ0n) is 16.4. The molecule has 2 unspecified atom stereocenters. The van der Waals surface area contributed by atoms with E-state index in [0.29, 0.717) is 12.1 Å². The maximum absolute atomic E-state index is 13.9. The smallest absolute Gasteiger partial charge is 0.224 e. The van der Waals surface area contributed by atoms with Crippen LogP contribution in [0.15, 0.2) is 48.5 Å². The summed E-state index contributed by atoms with van der Waals surface area (Å²) in [6.07, 6.45) is 6.01. The normalized spacial score (nSPS) is 22.5. The Bertz CT molecular complexity index is 814. The summed E-state index contributed by atoms with van der Waals surface area (Å²) in [6, 6.07) is 15.3. The third-order valence-corrected chi connectivity index (χ3v) is 5.99. The molecule has 1 aliphatic heterocycles. The van der Waals surface area contributed by atoms with Crippen LogP contribution in [0, 0.1) is 11.7 Å². The van der Waals surface area contributed by atoms with Crippen LogP contribution in [0.4, 0.5) is 4.39 Å². The molecule has 1 aliphatic carbocycles. The molecule has 0 radical (unpaired) electrons. The van der Waals surface area contributed by atoms with Crippen LogP contribution in [0.2, 0.25) is 0 Å². The molecule has 2 aromatic carbocycles. The molecule has 1 amide bonds. The highest BCUT2D eigenvalue weighted by Gasteiger charge is 2.44. The van der Waals surface area contributed by atoms with Gasteiger partial charge in [-0.15, -0.1) is 0 Å². The molecule has 148 valence electrons. The van der Waals surface area contributed by atoms with Gasteiger partial charge in [-0.1, -0.05) is 55.3 Å². The molecule has 1 saturated carbocycles. The summed E-state index contributed by atoms with van der Waals surface area (Å²) in [7, 11) is 0. The van der Waals surface area contributed by atoms with E-state index in [1.54, 1.807) is 12.1 Å². The van der Waals surface area contributed by atoms with E-state index in [1.807, 2.05) is 6.07 Å². The summed E-state index contributed by atoms with van der Waals surface area (Å²) in [5.41, 5.74) is 3.11. The van der Waals surface area contributed by atoms with Crippen LogP contribution in [0.3, 0.4) is 0 Å². The van der Waals surface area contributed by atoms with Gasteiger partial charge in [0.2, 0.25) is 5.91 Å². The molecule has 4 heteroatoms. The van der Waals surface area contributed by atoms with Crippen LogP contribution in [0.1, 0.15) is 54.7 Å². The predicted molar refractivity (Wildman–Crippen MR) is 109 cm³/mol. The lowest BCUT2D eigenvalue weighted by Gasteiger charge is -2.20. The van der Waals surface area contributed by atoms with Gasteiger partial charge in [-0.2, -0.15) is 0 Å². The Morgan fingerprint density at radius 3 is 2.54 bits per heavy atom. The molecular weight excluding hydrogens is 351 g/mol. The van der Waals surface area contributed by atoms with E-state index in [1.165, 1.54) is 50.4 Å². The monoisotopic (exact) mass is 380 g/mol. The Kier molecular flexibility index (Phi) is 6.06. The molecule has 0 spiro atoms. The van der Waals surface area contributed by atoms with E-state index in [2.05, 4.69) is 34.5 Å². The summed E-state index contributed by atoms with van der Waals surface area (Å²) in [6.45, 7) is 3.88. The second-order valence-corrected chi connectivity index (χ2v) is 8.20. The van der Waals surface area contributed by atoms with Gasteiger partial charge >= 0.3 is 0 Å². The first kappa shape index (κ1) is 19.1. The third kappa shape index (κ3) is 4.79. The number of hydrogen-bond donors (Lipinski definition) is 1. The number of benzene rings is 2. The molecule has 1 heterocycles. The van der Waals surface area contributed by atoms with E-state index < -0.39 is 0 Å². The number of carbonyl (C=O) groups excluding carboxylic acids is 1. The van der Waals surface area contributed by atoms with Crippen molar-refractivity contribution in [2.45, 2.75) is 51.1 Å². The van der Waals surface area contributed by atoms with Gasteiger partial charge in [0, 0.05) is 19.0 Å². The van der Waals surface area contributed by atoms with Crippen molar-refractivity contribution in [3.63, 3.8) is 0 Å². The van der Waals surface area contributed by atoms with Crippen molar-refractivity contribution in [1.82, 2.24) is 10.2 Å². The molecule has 2 atom stereocenters. The highest BCUT2D eigenvalue weighted by Crippen LogP contribution is 2.48. The lowest BCUT2D eigenvalue weighted by atomic mass is 10.1. The largest absolute Gasteiger partial charge is 0.352 e. The van der Waals surface area contributed by atoms with E-state index >= 15 is 0 Å². The average Bonchev–Trinajstić information content (AvgIpc) is 3.52. The predicted octanol–water partition coefficient (Wildman–Crippen LogP) is 4.62. The van der Waals surface area contributed by atoms with Crippen molar-refractivity contribution < 1.29 is 9.18 Å². The van der Waals surface area contributed by atoms with Gasteiger partial charge < -0.3 is 5.32 Å². The minimum absolute atomic E-state index is 0.0237. The summed E-state index contributed by atoms with van der Waals surface area (Å²) >= 11 is 0. The van der Waals surface area contributed by atoms with Crippen LogP contribution >= 0.6 is 0 Å². The minimum Gasteiger partial charge on any atom is -0.352 e. The van der Waals surface area contributed by atoms with Gasteiger partial charge in [-0.3, -0.25) is 9.69 Å². The highest BCUT2D eigenvalue weighted by atomic mass is 19.1. The second-order valence-electron chi connectivity index (χ2n) is 8.20. The van der Waals surface area contributed by atoms with Crippen molar-refractivity contribution in [3.05, 3.63) is 71.0 Å². The van der Waals surface area contributed by atoms with Crippen molar-refractivity contribution in [3.8, 4) is 0 Å². The number of rotatable bonds is 6. The number of nitrogens with one attached hydrogen (secondary N) is 1. The van der Waals surface area contributed by atoms with Gasteiger partial charge in [0.15, 0.2) is 0 Å². The van der Waals surface area contributed by atoms with Gasteiger partial charge in [-0.25, -0.2) is 4.39 Å². The molecule has 28 heavy (non-hydrogen) atoms. The Morgan fingerprint density at radius 1 is 1.00 bits per heavy atom. The van der Waals surface area contributed by atoms with Crippen molar-refractivity contribution in [1.29, 1.82) is 0 Å². The zero-order chi connectivity index (χ0) is 19.3. The topological polar surface area (TPSA) is 32.3 Å². The average molecular weight is 381 g/mol. The van der Waals surface area contributed by atoms with Crippen LogP contribution < -0.4 is 5.32 Å². The molecule has 2 fully saturated rings. The minimum atomic E-state index is -0.205. The fourth-order valence-electron chi connectivity index (χ4n) is 4.32. The Balaban J connectivity index is 1.29. The summed E-state index contributed by atoms with van der Waals surface area (Å²) < 4.78 is 13.9. The Morgan fingerprint density at radius 2 is 1.75 bits per heavy atom. The standard InChI is InChI=1S/C24H29FN2O/c25-23-11-4-3-10-20(23)21-15-22(21)24(28)26-16-18-8-7-9-19(14-18)17-27-12-5-1-2-6-13-27/h3-4,7-11,14,21-22H,1-2,5-6,12-13,15-17H2,(H,26,28). The number of halogens is 1. The molecule has 0 aromatic heterocycles. The summed E-state index contributed by atoms with van der Waals surface area (Å²) in [5.74, 6) is -0.247. The number of carbonyl (C=O) groups is 1. The first-order valence-electron chi connectivity index (χ1n) is 10.5. The van der Waals surface area contributed by atoms with Gasteiger partial charge in [0.05, 0.1) is 0 Å². The second kappa shape index (κ2) is 8.87. The fraction of sp³-hybridized carbons (Fsp3) is 0.458. The summed E-state index contributed by atoms with van der Waals surface area (Å²) in [4.78, 5) is 15.0. The van der Waals surface area contributed by atoms with Gasteiger partial charge in [-0.05, 0) is 61.0 Å². The van der Waals surface area contributed by atoms with E-state index in [-0.39, 0.29) is 23.6 Å². The maximum Gasteiger partial charge on any atom is 0.224 e. The Labute approximate surface area is 166 Å². The number of likely N-dealkylation sites (tertiary alicyclic amines) is 1. The van der Waals surface area contributed by atoms with Crippen molar-refractivity contribution in [2.75, 3.05) is 13.1 Å². The van der Waals surface area contributed by atoms with E-state index in [0.717, 1.165) is 18.5 Å². The van der Waals surface area contributed by atoms with Gasteiger partial charge in [0.1, 0.15) is 5.82 Å².